The Morgan fingerprint density at radius 3 is 2.87 bits per heavy atom. The number of aromatic nitrogens is 1. The van der Waals surface area contributed by atoms with Gasteiger partial charge in [0.1, 0.15) is 5.15 Å². The molecular weight excluding hydrogens is 212 g/mol. The van der Waals surface area contributed by atoms with E-state index < -0.39 is 0 Å². The summed E-state index contributed by atoms with van der Waals surface area (Å²) in [6.45, 7) is 0. The highest BCUT2D eigenvalue weighted by atomic mass is 35.5. The molecule has 0 amide bonds. The molecule has 1 aromatic heterocycles. The molecule has 0 radical (unpaired) electrons. The van der Waals surface area contributed by atoms with E-state index in [2.05, 4.69) is 10.3 Å². The van der Waals surface area contributed by atoms with Gasteiger partial charge in [-0.05, 0) is 18.1 Å². The fraction of sp³-hybridized carbons (Fsp3) is 0.455. The number of nitrogens with one attached hydrogen (secondary N) is 1. The lowest BCUT2D eigenvalue weighted by Crippen LogP contribution is -2.22. The highest BCUT2D eigenvalue weighted by molar-refractivity contribution is 6.29. The maximum absolute atomic E-state index is 11.4. The zero-order valence-corrected chi connectivity index (χ0v) is 8.87. The number of carbonyl (C=O) groups is 1. The summed E-state index contributed by atoms with van der Waals surface area (Å²) in [6, 6.07) is 4.21. The minimum atomic E-state index is 0.0793. The molecule has 3 heterocycles. The number of pyridine rings is 1. The number of halogens is 1. The van der Waals surface area contributed by atoms with Gasteiger partial charge in [-0.15, -0.1) is 0 Å². The Morgan fingerprint density at radius 1 is 1.47 bits per heavy atom. The van der Waals surface area contributed by atoms with Crippen molar-refractivity contribution < 1.29 is 4.79 Å². The van der Waals surface area contributed by atoms with Gasteiger partial charge in [0.2, 0.25) is 0 Å². The molecule has 0 aliphatic carbocycles. The summed E-state index contributed by atoms with van der Waals surface area (Å²) in [7, 11) is 0. The van der Waals surface area contributed by atoms with E-state index in [1.165, 1.54) is 5.56 Å². The van der Waals surface area contributed by atoms with E-state index in [0.29, 0.717) is 29.3 Å². The molecule has 3 unspecified atom stereocenters. The smallest absolute Gasteiger partial charge is 0.151 e. The second-order valence-corrected chi connectivity index (χ2v) is 4.64. The SMILES string of the molecule is O=C1CC2NC1CC2c1ccc(Cl)nc1. The van der Waals surface area contributed by atoms with Crippen LogP contribution in [0.4, 0.5) is 0 Å². The normalized spacial score (nSPS) is 33.7. The fourth-order valence-electron chi connectivity index (χ4n) is 2.62. The van der Waals surface area contributed by atoms with Gasteiger partial charge in [0.15, 0.2) is 5.78 Å². The number of hydrogen-bond donors (Lipinski definition) is 1. The Labute approximate surface area is 92.8 Å². The van der Waals surface area contributed by atoms with Crippen LogP contribution in [0.5, 0.6) is 0 Å². The van der Waals surface area contributed by atoms with Crippen molar-refractivity contribution in [2.24, 2.45) is 0 Å². The number of fused-ring (bicyclic) bond motifs is 2. The van der Waals surface area contributed by atoms with Gasteiger partial charge in [-0.2, -0.15) is 0 Å². The van der Waals surface area contributed by atoms with Crippen LogP contribution in [-0.4, -0.2) is 22.9 Å². The summed E-state index contributed by atoms with van der Waals surface area (Å²) in [5, 5.41) is 3.85. The molecule has 2 fully saturated rings. The number of hydrogen-bond acceptors (Lipinski definition) is 3. The minimum absolute atomic E-state index is 0.0793. The Balaban J connectivity index is 1.85. The first-order chi connectivity index (χ1) is 7.24. The summed E-state index contributed by atoms with van der Waals surface area (Å²) < 4.78 is 0. The first-order valence-electron chi connectivity index (χ1n) is 5.14. The van der Waals surface area contributed by atoms with Crippen LogP contribution in [0.15, 0.2) is 18.3 Å². The number of nitrogens with zero attached hydrogens (tertiary/aromatic N) is 1. The van der Waals surface area contributed by atoms with Crippen LogP contribution in [0.2, 0.25) is 5.15 Å². The third-order valence-corrected chi connectivity index (χ3v) is 3.60. The first-order valence-corrected chi connectivity index (χ1v) is 5.52. The average Bonchev–Trinajstić information content (AvgIpc) is 2.77. The molecule has 2 aliphatic heterocycles. The highest BCUT2D eigenvalue weighted by Gasteiger charge is 2.45. The van der Waals surface area contributed by atoms with Crippen LogP contribution in [0.3, 0.4) is 0 Å². The van der Waals surface area contributed by atoms with E-state index in [0.717, 1.165) is 6.42 Å². The number of carbonyl (C=O) groups excluding carboxylic acids is 1. The Bertz CT molecular complexity index is 404. The maximum atomic E-state index is 11.4. The third kappa shape index (κ3) is 1.46. The van der Waals surface area contributed by atoms with Crippen LogP contribution in [0, 0.1) is 0 Å². The lowest BCUT2D eigenvalue weighted by Gasteiger charge is -2.19. The van der Waals surface area contributed by atoms with Crippen LogP contribution in [0.1, 0.15) is 24.3 Å². The van der Waals surface area contributed by atoms with E-state index in [1.807, 2.05) is 18.3 Å². The second-order valence-electron chi connectivity index (χ2n) is 4.25. The van der Waals surface area contributed by atoms with E-state index in [1.54, 1.807) is 0 Å². The Morgan fingerprint density at radius 2 is 2.33 bits per heavy atom. The molecular formula is C11H11ClN2O. The van der Waals surface area contributed by atoms with Crippen molar-refractivity contribution in [2.45, 2.75) is 30.8 Å². The third-order valence-electron chi connectivity index (χ3n) is 3.38. The largest absolute Gasteiger partial charge is 0.304 e. The standard InChI is InChI=1S/C11H11ClN2O/c12-11-2-1-6(5-13-11)7-3-9-10(15)4-8(7)14-9/h1-2,5,7-9,14H,3-4H2. The Hall–Kier alpha value is -0.930. The van der Waals surface area contributed by atoms with Crippen LogP contribution >= 0.6 is 11.6 Å². The van der Waals surface area contributed by atoms with E-state index in [4.69, 9.17) is 11.6 Å². The topological polar surface area (TPSA) is 42.0 Å². The van der Waals surface area contributed by atoms with Gasteiger partial charge in [-0.25, -0.2) is 4.98 Å². The molecule has 0 aromatic carbocycles. The van der Waals surface area contributed by atoms with Crippen molar-refractivity contribution in [1.82, 2.24) is 10.3 Å². The maximum Gasteiger partial charge on any atom is 0.151 e. The van der Waals surface area contributed by atoms with Crippen molar-refractivity contribution >= 4 is 17.4 Å². The molecule has 2 bridgehead atoms. The number of rotatable bonds is 1. The van der Waals surface area contributed by atoms with Gasteiger partial charge in [0.05, 0.1) is 6.04 Å². The molecule has 0 saturated carbocycles. The van der Waals surface area contributed by atoms with Gasteiger partial charge < -0.3 is 5.32 Å². The summed E-state index contributed by atoms with van der Waals surface area (Å²) in [5.41, 5.74) is 1.19. The number of Topliss-reactive ketones (excluding diaryl/α,β-unsaturated/α-hetero) is 1. The van der Waals surface area contributed by atoms with Crippen molar-refractivity contribution in [3.05, 3.63) is 29.0 Å². The summed E-state index contributed by atoms with van der Waals surface area (Å²) in [5.74, 6) is 0.788. The van der Waals surface area contributed by atoms with Gasteiger partial charge >= 0.3 is 0 Å². The molecule has 4 heteroatoms. The van der Waals surface area contributed by atoms with Crippen molar-refractivity contribution in [3.63, 3.8) is 0 Å². The predicted octanol–water partition coefficient (Wildman–Crippen LogP) is 1.52. The van der Waals surface area contributed by atoms with Crippen LogP contribution in [0.25, 0.3) is 0 Å². The number of ketones is 1. The molecule has 3 atom stereocenters. The van der Waals surface area contributed by atoms with Crippen LogP contribution in [-0.2, 0) is 4.79 Å². The lowest BCUT2D eigenvalue weighted by molar-refractivity contribution is -0.119. The molecule has 2 saturated heterocycles. The van der Waals surface area contributed by atoms with Gasteiger partial charge in [-0.3, -0.25) is 4.79 Å². The van der Waals surface area contributed by atoms with Crippen molar-refractivity contribution in [3.8, 4) is 0 Å². The Kier molecular flexibility index (Phi) is 2.04. The first kappa shape index (κ1) is 9.31. The molecule has 1 aromatic rings. The predicted molar refractivity (Wildman–Crippen MR) is 56.9 cm³/mol. The molecule has 15 heavy (non-hydrogen) atoms. The van der Waals surface area contributed by atoms with Crippen molar-refractivity contribution in [2.75, 3.05) is 0 Å². The molecule has 0 spiro atoms. The van der Waals surface area contributed by atoms with Crippen molar-refractivity contribution in [1.29, 1.82) is 0 Å². The summed E-state index contributed by atoms with van der Waals surface area (Å²) in [4.78, 5) is 15.4. The average molecular weight is 223 g/mol. The fourth-order valence-corrected chi connectivity index (χ4v) is 2.73. The van der Waals surface area contributed by atoms with E-state index in [-0.39, 0.29) is 6.04 Å². The molecule has 3 rings (SSSR count). The summed E-state index contributed by atoms with van der Waals surface area (Å²) >= 11 is 5.74. The van der Waals surface area contributed by atoms with E-state index >= 15 is 0 Å². The van der Waals surface area contributed by atoms with Gasteiger partial charge in [0.25, 0.3) is 0 Å². The zero-order chi connectivity index (χ0) is 10.4. The monoisotopic (exact) mass is 222 g/mol. The summed E-state index contributed by atoms with van der Waals surface area (Å²) in [6.07, 6.45) is 3.39. The molecule has 1 N–H and O–H groups in total. The lowest BCUT2D eigenvalue weighted by atomic mass is 9.84. The molecule has 78 valence electrons. The highest BCUT2D eigenvalue weighted by Crippen LogP contribution is 2.38. The van der Waals surface area contributed by atoms with E-state index in [9.17, 15) is 4.79 Å². The quantitative estimate of drug-likeness (QED) is 0.733. The minimum Gasteiger partial charge on any atom is -0.304 e. The second kappa shape index (κ2) is 3.29. The zero-order valence-electron chi connectivity index (χ0n) is 8.11. The van der Waals surface area contributed by atoms with Crippen LogP contribution < -0.4 is 5.32 Å². The molecule has 2 aliphatic rings. The molecule has 3 nitrogen and oxygen atoms in total. The van der Waals surface area contributed by atoms with Gasteiger partial charge in [-0.1, -0.05) is 17.7 Å². The van der Waals surface area contributed by atoms with Gasteiger partial charge in [0, 0.05) is 24.6 Å².